The molecule has 1 amide bonds. The first-order valence-electron chi connectivity index (χ1n) is 7.36. The number of hydrogen-bond acceptors (Lipinski definition) is 4. The van der Waals surface area contributed by atoms with Crippen LogP contribution in [-0.4, -0.2) is 61.4 Å². The summed E-state index contributed by atoms with van der Waals surface area (Å²) < 4.78 is 5.11. The zero-order valence-electron chi connectivity index (χ0n) is 12.2. The molecule has 0 aromatic heterocycles. The standard InChI is InChI=1S/C14H28N2O3/c1-3-19-9-6-14(18)15-10-13(17)11-16-7-4-12(2)5-8-16/h12-13,17H,3-11H2,1-2H3,(H,15,18)/t13-/m1/s1. The average molecular weight is 272 g/mol. The topological polar surface area (TPSA) is 61.8 Å². The number of likely N-dealkylation sites (tertiary alicyclic amines) is 1. The summed E-state index contributed by atoms with van der Waals surface area (Å²) in [5, 5.41) is 12.6. The number of amides is 1. The molecule has 1 heterocycles. The normalized spacial score (nSPS) is 19.3. The molecule has 1 atom stereocenters. The van der Waals surface area contributed by atoms with Gasteiger partial charge in [-0.25, -0.2) is 0 Å². The number of piperidine rings is 1. The van der Waals surface area contributed by atoms with Crippen LogP contribution in [-0.2, 0) is 9.53 Å². The van der Waals surface area contributed by atoms with E-state index in [1.165, 1.54) is 12.8 Å². The van der Waals surface area contributed by atoms with Gasteiger partial charge in [0.15, 0.2) is 0 Å². The fourth-order valence-electron chi connectivity index (χ4n) is 2.24. The van der Waals surface area contributed by atoms with Gasteiger partial charge >= 0.3 is 0 Å². The van der Waals surface area contributed by atoms with Crippen LogP contribution in [0.3, 0.4) is 0 Å². The second-order valence-electron chi connectivity index (χ2n) is 5.39. The number of nitrogens with one attached hydrogen (secondary N) is 1. The molecule has 0 aromatic rings. The predicted octanol–water partition coefficient (Wildman–Crippen LogP) is 0.622. The van der Waals surface area contributed by atoms with Crippen molar-refractivity contribution in [2.45, 2.75) is 39.2 Å². The van der Waals surface area contributed by atoms with Crippen LogP contribution < -0.4 is 5.32 Å². The summed E-state index contributed by atoms with van der Waals surface area (Å²) >= 11 is 0. The van der Waals surface area contributed by atoms with E-state index in [2.05, 4.69) is 17.1 Å². The number of nitrogens with zero attached hydrogens (tertiary/aromatic N) is 1. The van der Waals surface area contributed by atoms with Crippen LogP contribution in [0.25, 0.3) is 0 Å². The highest BCUT2D eigenvalue weighted by Gasteiger charge is 2.18. The first-order valence-corrected chi connectivity index (χ1v) is 7.36. The Balaban J connectivity index is 2.07. The van der Waals surface area contributed by atoms with Gasteiger partial charge in [-0.15, -0.1) is 0 Å². The van der Waals surface area contributed by atoms with E-state index >= 15 is 0 Å². The number of carbonyl (C=O) groups excluding carboxylic acids is 1. The highest BCUT2D eigenvalue weighted by atomic mass is 16.5. The largest absolute Gasteiger partial charge is 0.390 e. The minimum Gasteiger partial charge on any atom is -0.390 e. The van der Waals surface area contributed by atoms with Crippen molar-refractivity contribution in [1.82, 2.24) is 10.2 Å². The molecule has 1 fully saturated rings. The maximum absolute atomic E-state index is 11.4. The van der Waals surface area contributed by atoms with E-state index in [9.17, 15) is 9.90 Å². The van der Waals surface area contributed by atoms with Gasteiger partial charge in [0.25, 0.3) is 0 Å². The molecular weight excluding hydrogens is 244 g/mol. The first-order chi connectivity index (χ1) is 9.11. The summed E-state index contributed by atoms with van der Waals surface area (Å²) in [5.41, 5.74) is 0. The van der Waals surface area contributed by atoms with E-state index in [-0.39, 0.29) is 5.91 Å². The lowest BCUT2D eigenvalue weighted by molar-refractivity contribution is -0.122. The van der Waals surface area contributed by atoms with Crippen LogP contribution in [0, 0.1) is 5.92 Å². The van der Waals surface area contributed by atoms with Gasteiger partial charge in [0.1, 0.15) is 0 Å². The average Bonchev–Trinajstić information content (AvgIpc) is 2.39. The van der Waals surface area contributed by atoms with Gasteiger partial charge in [-0.1, -0.05) is 6.92 Å². The summed E-state index contributed by atoms with van der Waals surface area (Å²) in [5.74, 6) is 0.742. The van der Waals surface area contributed by atoms with Crippen molar-refractivity contribution >= 4 is 5.91 Å². The van der Waals surface area contributed by atoms with Gasteiger partial charge in [-0.3, -0.25) is 4.79 Å². The Morgan fingerprint density at radius 3 is 2.79 bits per heavy atom. The van der Waals surface area contributed by atoms with Crippen molar-refractivity contribution in [2.24, 2.45) is 5.92 Å². The first kappa shape index (κ1) is 16.4. The van der Waals surface area contributed by atoms with Gasteiger partial charge < -0.3 is 20.1 Å². The van der Waals surface area contributed by atoms with Gasteiger partial charge in [0.2, 0.25) is 5.91 Å². The number of aliphatic hydroxyl groups excluding tert-OH is 1. The van der Waals surface area contributed by atoms with Crippen molar-refractivity contribution in [3.05, 3.63) is 0 Å². The van der Waals surface area contributed by atoms with Gasteiger partial charge in [0.05, 0.1) is 12.7 Å². The summed E-state index contributed by atoms with van der Waals surface area (Å²) in [6, 6.07) is 0. The number of β-amino-alcohol motifs (C(OH)–C–C–N with tert-alkyl or cyclic N) is 1. The number of ether oxygens (including phenoxy) is 1. The molecule has 0 saturated carbocycles. The summed E-state index contributed by atoms with van der Waals surface area (Å²) in [4.78, 5) is 13.7. The molecular formula is C14H28N2O3. The zero-order chi connectivity index (χ0) is 14.1. The van der Waals surface area contributed by atoms with E-state index in [1.807, 2.05) is 6.92 Å². The van der Waals surface area contributed by atoms with Gasteiger partial charge in [-0.05, 0) is 38.8 Å². The number of aliphatic hydroxyl groups is 1. The monoisotopic (exact) mass is 272 g/mol. The molecule has 0 bridgehead atoms. The SMILES string of the molecule is CCOCCC(=O)NC[C@@H](O)CN1CCC(C)CC1. The number of rotatable bonds is 8. The van der Waals surface area contributed by atoms with E-state index in [0.717, 1.165) is 19.0 Å². The second-order valence-corrected chi connectivity index (χ2v) is 5.39. The van der Waals surface area contributed by atoms with Crippen LogP contribution in [0.15, 0.2) is 0 Å². The molecule has 1 aliphatic rings. The zero-order valence-corrected chi connectivity index (χ0v) is 12.2. The third-order valence-corrected chi connectivity index (χ3v) is 3.56. The molecule has 0 spiro atoms. The van der Waals surface area contributed by atoms with Crippen LogP contribution >= 0.6 is 0 Å². The fraction of sp³-hybridized carbons (Fsp3) is 0.929. The Morgan fingerprint density at radius 2 is 2.16 bits per heavy atom. The highest BCUT2D eigenvalue weighted by Crippen LogP contribution is 2.15. The molecule has 0 aliphatic carbocycles. The van der Waals surface area contributed by atoms with Crippen LogP contribution in [0.5, 0.6) is 0 Å². The molecule has 2 N–H and O–H groups in total. The molecule has 19 heavy (non-hydrogen) atoms. The maximum atomic E-state index is 11.4. The minimum atomic E-state index is -0.482. The molecule has 0 radical (unpaired) electrons. The molecule has 0 unspecified atom stereocenters. The Kier molecular flexibility index (Phi) is 8.02. The fourth-order valence-corrected chi connectivity index (χ4v) is 2.24. The van der Waals surface area contributed by atoms with E-state index in [0.29, 0.717) is 32.7 Å². The van der Waals surface area contributed by atoms with Crippen molar-refractivity contribution in [3.63, 3.8) is 0 Å². The van der Waals surface area contributed by atoms with Crippen molar-refractivity contribution < 1.29 is 14.6 Å². The lowest BCUT2D eigenvalue weighted by atomic mass is 9.99. The van der Waals surface area contributed by atoms with Crippen molar-refractivity contribution in [3.8, 4) is 0 Å². The Bertz CT molecular complexity index is 253. The second kappa shape index (κ2) is 9.28. The predicted molar refractivity (Wildman–Crippen MR) is 75.0 cm³/mol. The van der Waals surface area contributed by atoms with Gasteiger partial charge in [-0.2, -0.15) is 0 Å². The molecule has 1 rings (SSSR count). The van der Waals surface area contributed by atoms with Gasteiger partial charge in [0, 0.05) is 26.1 Å². The van der Waals surface area contributed by atoms with Crippen molar-refractivity contribution in [2.75, 3.05) is 39.4 Å². The Hall–Kier alpha value is -0.650. The van der Waals surface area contributed by atoms with E-state index in [1.54, 1.807) is 0 Å². The molecule has 1 aliphatic heterocycles. The summed E-state index contributed by atoms with van der Waals surface area (Å²) in [7, 11) is 0. The molecule has 1 saturated heterocycles. The van der Waals surface area contributed by atoms with Crippen molar-refractivity contribution in [1.29, 1.82) is 0 Å². The minimum absolute atomic E-state index is 0.0558. The third-order valence-electron chi connectivity index (χ3n) is 3.56. The third kappa shape index (κ3) is 7.50. The lowest BCUT2D eigenvalue weighted by Gasteiger charge is -2.31. The quantitative estimate of drug-likeness (QED) is 0.636. The van der Waals surface area contributed by atoms with E-state index < -0.39 is 6.10 Å². The summed E-state index contributed by atoms with van der Waals surface area (Å²) in [6.45, 7) is 8.34. The smallest absolute Gasteiger partial charge is 0.222 e. The van der Waals surface area contributed by atoms with Crippen LogP contribution in [0.4, 0.5) is 0 Å². The van der Waals surface area contributed by atoms with Crippen LogP contribution in [0.1, 0.15) is 33.1 Å². The maximum Gasteiger partial charge on any atom is 0.222 e. The van der Waals surface area contributed by atoms with E-state index in [4.69, 9.17) is 4.74 Å². The number of carbonyl (C=O) groups is 1. The Labute approximate surface area is 116 Å². The highest BCUT2D eigenvalue weighted by molar-refractivity contribution is 5.75. The molecule has 5 nitrogen and oxygen atoms in total. The Morgan fingerprint density at radius 1 is 1.47 bits per heavy atom. The lowest BCUT2D eigenvalue weighted by Crippen LogP contribution is -2.43. The molecule has 5 heteroatoms. The number of hydrogen-bond donors (Lipinski definition) is 2. The molecule has 112 valence electrons. The molecule has 0 aromatic carbocycles. The van der Waals surface area contributed by atoms with Crippen LogP contribution in [0.2, 0.25) is 0 Å². The summed E-state index contributed by atoms with van der Waals surface area (Å²) in [6.07, 6.45) is 2.28.